The Morgan fingerprint density at radius 1 is 0.867 bits per heavy atom. The number of halogens is 3. The monoisotopic (exact) mass is 482 g/mol. The Labute approximate surface area is 190 Å². The van der Waals surface area contributed by atoms with Crippen molar-refractivity contribution in [2.45, 2.75) is 11.4 Å². The van der Waals surface area contributed by atoms with Crippen LogP contribution in [0.1, 0.15) is 5.56 Å². The largest absolute Gasteiger partial charge is 0.325 e. The Kier molecular flexibility index (Phi) is 7.39. The molecule has 156 valence electrons. The van der Waals surface area contributed by atoms with Crippen LogP contribution in [0, 0.1) is 0 Å². The molecule has 0 aromatic heterocycles. The molecule has 0 saturated heterocycles. The summed E-state index contributed by atoms with van der Waals surface area (Å²) in [6, 6.07) is 19.3. The zero-order chi connectivity index (χ0) is 21.7. The van der Waals surface area contributed by atoms with Gasteiger partial charge in [0.15, 0.2) is 0 Å². The lowest BCUT2D eigenvalue weighted by atomic mass is 10.2. The van der Waals surface area contributed by atoms with Crippen LogP contribution in [0.15, 0.2) is 77.7 Å². The van der Waals surface area contributed by atoms with E-state index in [9.17, 15) is 13.2 Å². The fraction of sp³-hybridized carbons (Fsp3) is 0.0952. The Hall–Kier alpha value is -2.09. The third kappa shape index (κ3) is 5.74. The number of carbonyl (C=O) groups excluding carboxylic acids is 1. The van der Waals surface area contributed by atoms with Crippen LogP contribution in [0.5, 0.6) is 0 Å². The zero-order valence-corrected chi connectivity index (χ0v) is 18.6. The van der Waals surface area contributed by atoms with Crippen molar-refractivity contribution in [1.29, 1.82) is 0 Å². The first-order valence-corrected chi connectivity index (χ1v) is 11.4. The lowest BCUT2D eigenvalue weighted by Crippen LogP contribution is -2.37. The number of sulfonamides is 1. The van der Waals surface area contributed by atoms with E-state index in [-0.39, 0.29) is 11.4 Å². The molecule has 0 aliphatic heterocycles. The van der Waals surface area contributed by atoms with Gasteiger partial charge in [0.25, 0.3) is 0 Å². The van der Waals surface area contributed by atoms with E-state index >= 15 is 0 Å². The van der Waals surface area contributed by atoms with E-state index in [0.717, 1.165) is 4.31 Å². The van der Waals surface area contributed by atoms with Crippen molar-refractivity contribution in [3.8, 4) is 0 Å². The van der Waals surface area contributed by atoms with Gasteiger partial charge in [-0.2, -0.15) is 4.31 Å². The summed E-state index contributed by atoms with van der Waals surface area (Å²) in [6.07, 6.45) is 0. The fourth-order valence-electron chi connectivity index (χ4n) is 2.70. The van der Waals surface area contributed by atoms with Gasteiger partial charge in [0.2, 0.25) is 15.9 Å². The summed E-state index contributed by atoms with van der Waals surface area (Å²) in [5, 5.41) is 3.84. The molecule has 0 spiro atoms. The first kappa shape index (κ1) is 22.6. The first-order valence-electron chi connectivity index (χ1n) is 8.80. The summed E-state index contributed by atoms with van der Waals surface area (Å²) < 4.78 is 27.6. The number of hydrogen-bond donors (Lipinski definition) is 1. The van der Waals surface area contributed by atoms with Crippen LogP contribution in [0.3, 0.4) is 0 Å². The molecule has 3 aromatic carbocycles. The minimum absolute atomic E-state index is 0.0181. The lowest BCUT2D eigenvalue weighted by Gasteiger charge is -2.22. The minimum atomic E-state index is -4.01. The SMILES string of the molecule is O=C(CN(Cc1ccc(Cl)cc1Cl)S(=O)(=O)c1ccc(Cl)cc1)Nc1ccccc1. The van der Waals surface area contributed by atoms with Crippen LogP contribution in [-0.4, -0.2) is 25.2 Å². The summed E-state index contributed by atoms with van der Waals surface area (Å²) in [5.74, 6) is -0.483. The molecule has 3 rings (SSSR count). The van der Waals surface area contributed by atoms with E-state index in [1.54, 1.807) is 36.4 Å². The molecule has 1 N–H and O–H groups in total. The van der Waals surface area contributed by atoms with Crippen LogP contribution in [0.2, 0.25) is 15.1 Å². The van der Waals surface area contributed by atoms with Crippen molar-refractivity contribution in [3.05, 3.63) is 93.4 Å². The topological polar surface area (TPSA) is 66.5 Å². The smallest absolute Gasteiger partial charge is 0.243 e. The molecule has 0 saturated carbocycles. The number of anilines is 1. The van der Waals surface area contributed by atoms with Gasteiger partial charge in [-0.3, -0.25) is 4.79 Å². The van der Waals surface area contributed by atoms with Crippen LogP contribution < -0.4 is 5.32 Å². The average Bonchev–Trinajstić information content (AvgIpc) is 2.70. The van der Waals surface area contributed by atoms with Gasteiger partial charge in [-0.15, -0.1) is 0 Å². The summed E-state index contributed by atoms with van der Waals surface area (Å²) in [6.45, 7) is -0.512. The van der Waals surface area contributed by atoms with Crippen LogP contribution >= 0.6 is 34.8 Å². The fourth-order valence-corrected chi connectivity index (χ4v) is 4.67. The zero-order valence-electron chi connectivity index (χ0n) is 15.6. The van der Waals surface area contributed by atoms with Gasteiger partial charge in [-0.25, -0.2) is 8.42 Å². The van der Waals surface area contributed by atoms with Crippen molar-refractivity contribution in [2.75, 3.05) is 11.9 Å². The molecule has 0 unspecified atom stereocenters. The van der Waals surface area contributed by atoms with E-state index in [1.165, 1.54) is 30.3 Å². The number of benzene rings is 3. The molecular formula is C21H17Cl3N2O3S. The summed E-state index contributed by atoms with van der Waals surface area (Å²) in [7, 11) is -4.01. The Balaban J connectivity index is 1.91. The Morgan fingerprint density at radius 2 is 1.50 bits per heavy atom. The molecule has 0 heterocycles. The summed E-state index contributed by atoms with van der Waals surface area (Å²) in [4.78, 5) is 12.6. The van der Waals surface area contributed by atoms with Crippen molar-refractivity contribution in [1.82, 2.24) is 4.31 Å². The predicted molar refractivity (Wildman–Crippen MR) is 121 cm³/mol. The van der Waals surface area contributed by atoms with E-state index in [2.05, 4.69) is 5.32 Å². The van der Waals surface area contributed by atoms with Gasteiger partial charge < -0.3 is 5.32 Å². The number of nitrogens with zero attached hydrogens (tertiary/aromatic N) is 1. The highest BCUT2D eigenvalue weighted by Gasteiger charge is 2.27. The second kappa shape index (κ2) is 9.81. The number of amides is 1. The van der Waals surface area contributed by atoms with Crippen molar-refractivity contribution < 1.29 is 13.2 Å². The normalized spacial score (nSPS) is 11.5. The van der Waals surface area contributed by atoms with Gasteiger partial charge in [0.05, 0.1) is 11.4 Å². The van der Waals surface area contributed by atoms with Gasteiger partial charge >= 0.3 is 0 Å². The van der Waals surface area contributed by atoms with E-state index in [0.29, 0.717) is 26.3 Å². The molecule has 0 radical (unpaired) electrons. The molecule has 3 aromatic rings. The number of nitrogens with one attached hydrogen (secondary N) is 1. The molecule has 0 aliphatic carbocycles. The Bertz CT molecular complexity index is 1140. The van der Waals surface area contributed by atoms with Crippen LogP contribution in [-0.2, 0) is 21.4 Å². The quantitative estimate of drug-likeness (QED) is 0.484. The second-order valence-electron chi connectivity index (χ2n) is 6.38. The number of para-hydroxylation sites is 1. The maximum atomic E-state index is 13.2. The van der Waals surface area contributed by atoms with E-state index in [4.69, 9.17) is 34.8 Å². The number of hydrogen-bond acceptors (Lipinski definition) is 3. The van der Waals surface area contributed by atoms with Crippen molar-refractivity contribution in [2.24, 2.45) is 0 Å². The maximum Gasteiger partial charge on any atom is 0.243 e. The standard InChI is InChI=1S/C21H17Cl3N2O3S/c22-16-8-10-19(11-9-16)30(28,29)26(13-15-6-7-17(23)12-20(15)24)14-21(27)25-18-4-2-1-3-5-18/h1-12H,13-14H2,(H,25,27). The van der Waals surface area contributed by atoms with Gasteiger partial charge in [-0.1, -0.05) is 59.1 Å². The van der Waals surface area contributed by atoms with Crippen molar-refractivity contribution in [3.63, 3.8) is 0 Å². The molecule has 0 aliphatic rings. The van der Waals surface area contributed by atoms with Crippen LogP contribution in [0.4, 0.5) is 5.69 Å². The second-order valence-corrected chi connectivity index (χ2v) is 9.59. The van der Waals surface area contributed by atoms with Gasteiger partial charge in [0.1, 0.15) is 0 Å². The molecule has 1 amide bonds. The maximum absolute atomic E-state index is 13.2. The molecule has 9 heteroatoms. The molecule has 30 heavy (non-hydrogen) atoms. The minimum Gasteiger partial charge on any atom is -0.325 e. The third-order valence-electron chi connectivity index (χ3n) is 4.19. The molecule has 0 bridgehead atoms. The Morgan fingerprint density at radius 3 is 2.13 bits per heavy atom. The first-order chi connectivity index (χ1) is 14.3. The van der Waals surface area contributed by atoms with Gasteiger partial charge in [0, 0.05) is 27.3 Å². The third-order valence-corrected chi connectivity index (χ3v) is 6.84. The van der Waals surface area contributed by atoms with Gasteiger partial charge in [-0.05, 0) is 54.1 Å². The lowest BCUT2D eigenvalue weighted by molar-refractivity contribution is -0.116. The van der Waals surface area contributed by atoms with Crippen molar-refractivity contribution >= 4 is 56.4 Å². The molecule has 0 fully saturated rings. The van der Waals surface area contributed by atoms with E-state index in [1.807, 2.05) is 6.07 Å². The average molecular weight is 484 g/mol. The van der Waals surface area contributed by atoms with E-state index < -0.39 is 22.5 Å². The molecule has 5 nitrogen and oxygen atoms in total. The highest BCUT2D eigenvalue weighted by Crippen LogP contribution is 2.26. The summed E-state index contributed by atoms with van der Waals surface area (Å²) in [5.41, 5.74) is 1.09. The molecular weight excluding hydrogens is 467 g/mol. The highest BCUT2D eigenvalue weighted by molar-refractivity contribution is 7.89. The molecule has 0 atom stereocenters. The highest BCUT2D eigenvalue weighted by atomic mass is 35.5. The van der Waals surface area contributed by atoms with Crippen LogP contribution in [0.25, 0.3) is 0 Å². The number of rotatable bonds is 7. The number of carbonyl (C=O) groups is 1. The predicted octanol–water partition coefficient (Wildman–Crippen LogP) is 5.48. The summed E-state index contributed by atoms with van der Waals surface area (Å²) >= 11 is 18.0.